The van der Waals surface area contributed by atoms with Gasteiger partial charge in [-0.25, -0.2) is 0 Å². The Bertz CT molecular complexity index is 763. The summed E-state index contributed by atoms with van der Waals surface area (Å²) in [5, 5.41) is 8.80. The van der Waals surface area contributed by atoms with Crippen molar-refractivity contribution in [1.82, 2.24) is 4.90 Å². The highest BCUT2D eigenvalue weighted by molar-refractivity contribution is 5.78. The van der Waals surface area contributed by atoms with Gasteiger partial charge in [-0.05, 0) is 54.8 Å². The van der Waals surface area contributed by atoms with Crippen LogP contribution >= 0.6 is 0 Å². The summed E-state index contributed by atoms with van der Waals surface area (Å²) in [4.78, 5) is 14.5. The lowest BCUT2D eigenvalue weighted by Crippen LogP contribution is -2.34. The molecule has 0 radical (unpaired) electrons. The third-order valence-electron chi connectivity index (χ3n) is 4.42. The Balaban J connectivity index is 1.62. The van der Waals surface area contributed by atoms with E-state index in [-0.39, 0.29) is 18.6 Å². The van der Waals surface area contributed by atoms with E-state index in [2.05, 4.69) is 6.07 Å². The van der Waals surface area contributed by atoms with Crippen LogP contribution in [-0.4, -0.2) is 31.1 Å². The fourth-order valence-electron chi connectivity index (χ4n) is 3.09. The monoisotopic (exact) mass is 336 g/mol. The molecule has 0 N–H and O–H groups in total. The number of benzene rings is 2. The molecular weight excluding hydrogens is 316 g/mol. The lowest BCUT2D eigenvalue weighted by molar-refractivity contribution is -0.134. The molecule has 0 spiro atoms. The van der Waals surface area contributed by atoms with Gasteiger partial charge in [0.05, 0.1) is 24.8 Å². The number of nitriles is 1. The highest BCUT2D eigenvalue weighted by atomic mass is 16.5. The largest absolute Gasteiger partial charge is 0.497 e. The SMILES string of the molecule is COc1ccc(C2CCCN2C(=O)COc2ccc(C#N)cc2)cc1. The Labute approximate surface area is 147 Å². The molecule has 1 atom stereocenters. The molecule has 1 unspecified atom stereocenters. The van der Waals surface area contributed by atoms with Gasteiger partial charge in [-0.2, -0.15) is 5.26 Å². The Morgan fingerprint density at radius 1 is 1.16 bits per heavy atom. The topological polar surface area (TPSA) is 62.6 Å². The molecule has 3 rings (SSSR count). The highest BCUT2D eigenvalue weighted by Gasteiger charge is 2.30. The number of carbonyl (C=O) groups excluding carboxylic acids is 1. The van der Waals surface area contributed by atoms with Crippen LogP contribution in [0.4, 0.5) is 0 Å². The van der Waals surface area contributed by atoms with Crippen molar-refractivity contribution in [3.8, 4) is 17.6 Å². The van der Waals surface area contributed by atoms with Gasteiger partial charge in [0.1, 0.15) is 11.5 Å². The van der Waals surface area contributed by atoms with Crippen molar-refractivity contribution < 1.29 is 14.3 Å². The van der Waals surface area contributed by atoms with Crippen LogP contribution in [0.15, 0.2) is 48.5 Å². The Kier molecular flexibility index (Phi) is 5.20. The van der Waals surface area contributed by atoms with E-state index in [9.17, 15) is 4.79 Å². The van der Waals surface area contributed by atoms with Gasteiger partial charge in [0, 0.05) is 6.54 Å². The molecule has 5 heteroatoms. The molecule has 1 heterocycles. The van der Waals surface area contributed by atoms with Gasteiger partial charge in [-0.1, -0.05) is 12.1 Å². The average molecular weight is 336 g/mol. The van der Waals surface area contributed by atoms with Crippen molar-refractivity contribution in [3.05, 3.63) is 59.7 Å². The normalized spacial score (nSPS) is 16.3. The second-order valence-electron chi connectivity index (χ2n) is 5.94. The standard InChI is InChI=1S/C20H20N2O3/c1-24-17-10-6-16(7-11-17)19-3-2-12-22(19)20(23)14-25-18-8-4-15(13-21)5-9-18/h4-11,19H,2-3,12,14H2,1H3. The smallest absolute Gasteiger partial charge is 0.261 e. The molecule has 0 aromatic heterocycles. The van der Waals surface area contributed by atoms with Crippen LogP contribution in [0.5, 0.6) is 11.5 Å². The summed E-state index contributed by atoms with van der Waals surface area (Å²) < 4.78 is 10.8. The minimum absolute atomic E-state index is 0.00143. The van der Waals surface area contributed by atoms with E-state index in [4.69, 9.17) is 14.7 Å². The third-order valence-corrected chi connectivity index (χ3v) is 4.42. The number of carbonyl (C=O) groups is 1. The van der Waals surface area contributed by atoms with Crippen molar-refractivity contribution in [2.75, 3.05) is 20.3 Å². The first-order valence-corrected chi connectivity index (χ1v) is 8.27. The second-order valence-corrected chi connectivity index (χ2v) is 5.94. The van der Waals surface area contributed by atoms with E-state index in [0.29, 0.717) is 11.3 Å². The first-order chi connectivity index (χ1) is 12.2. The van der Waals surface area contributed by atoms with Crippen molar-refractivity contribution in [2.24, 2.45) is 0 Å². The summed E-state index contributed by atoms with van der Waals surface area (Å²) in [6, 6.07) is 16.8. The molecule has 2 aromatic rings. The summed E-state index contributed by atoms with van der Waals surface area (Å²) in [6.07, 6.45) is 1.94. The number of ether oxygens (including phenoxy) is 2. The summed E-state index contributed by atoms with van der Waals surface area (Å²) in [5.74, 6) is 1.37. The number of methoxy groups -OCH3 is 1. The summed E-state index contributed by atoms with van der Waals surface area (Å²) >= 11 is 0. The van der Waals surface area contributed by atoms with E-state index >= 15 is 0 Å². The number of likely N-dealkylation sites (tertiary alicyclic amines) is 1. The van der Waals surface area contributed by atoms with Crippen LogP contribution in [0.25, 0.3) is 0 Å². The van der Waals surface area contributed by atoms with Gasteiger partial charge in [0.2, 0.25) is 0 Å². The van der Waals surface area contributed by atoms with Crippen molar-refractivity contribution >= 4 is 5.91 Å². The maximum absolute atomic E-state index is 12.6. The van der Waals surface area contributed by atoms with Crippen LogP contribution in [-0.2, 0) is 4.79 Å². The first-order valence-electron chi connectivity index (χ1n) is 8.27. The molecule has 5 nitrogen and oxygen atoms in total. The zero-order valence-corrected chi connectivity index (χ0v) is 14.1. The Morgan fingerprint density at radius 3 is 2.48 bits per heavy atom. The van der Waals surface area contributed by atoms with Crippen molar-refractivity contribution in [2.45, 2.75) is 18.9 Å². The second kappa shape index (κ2) is 7.71. The summed E-state index contributed by atoms with van der Waals surface area (Å²) in [6.45, 7) is 0.741. The Hall–Kier alpha value is -3.00. The number of hydrogen-bond acceptors (Lipinski definition) is 4. The minimum Gasteiger partial charge on any atom is -0.497 e. The first kappa shape index (κ1) is 16.8. The van der Waals surface area contributed by atoms with Gasteiger partial charge in [-0.3, -0.25) is 4.79 Å². The van der Waals surface area contributed by atoms with Gasteiger partial charge >= 0.3 is 0 Å². The van der Waals surface area contributed by atoms with E-state index in [1.165, 1.54) is 0 Å². The van der Waals surface area contributed by atoms with E-state index in [1.807, 2.05) is 29.2 Å². The molecule has 2 aromatic carbocycles. The fraction of sp³-hybridized carbons (Fsp3) is 0.300. The molecule has 1 amide bonds. The molecule has 1 aliphatic heterocycles. The fourth-order valence-corrected chi connectivity index (χ4v) is 3.09. The lowest BCUT2D eigenvalue weighted by atomic mass is 10.0. The van der Waals surface area contributed by atoms with Gasteiger partial charge in [-0.15, -0.1) is 0 Å². The van der Waals surface area contributed by atoms with Gasteiger partial charge in [0.15, 0.2) is 6.61 Å². The Morgan fingerprint density at radius 2 is 1.84 bits per heavy atom. The summed E-state index contributed by atoms with van der Waals surface area (Å²) in [5.41, 5.74) is 1.68. The van der Waals surface area contributed by atoms with Crippen LogP contribution in [0.3, 0.4) is 0 Å². The molecule has 128 valence electrons. The maximum Gasteiger partial charge on any atom is 0.261 e. The highest BCUT2D eigenvalue weighted by Crippen LogP contribution is 2.32. The van der Waals surface area contributed by atoms with Gasteiger partial charge in [0.25, 0.3) is 5.91 Å². The number of nitrogens with zero attached hydrogens (tertiary/aromatic N) is 2. The molecule has 1 aliphatic rings. The molecule has 0 bridgehead atoms. The molecule has 0 saturated carbocycles. The average Bonchev–Trinajstić information content (AvgIpc) is 3.16. The van der Waals surface area contributed by atoms with Crippen LogP contribution in [0, 0.1) is 11.3 Å². The predicted octanol–water partition coefficient (Wildman–Crippen LogP) is 3.31. The molecule has 25 heavy (non-hydrogen) atoms. The van der Waals surface area contributed by atoms with E-state index in [1.54, 1.807) is 31.4 Å². The quantitative estimate of drug-likeness (QED) is 0.840. The lowest BCUT2D eigenvalue weighted by Gasteiger charge is -2.25. The summed E-state index contributed by atoms with van der Waals surface area (Å²) in [7, 11) is 1.64. The number of amides is 1. The minimum atomic E-state index is -0.0253. The number of rotatable bonds is 5. The van der Waals surface area contributed by atoms with Crippen LogP contribution in [0.1, 0.15) is 30.0 Å². The third kappa shape index (κ3) is 3.92. The van der Waals surface area contributed by atoms with Crippen LogP contribution < -0.4 is 9.47 Å². The predicted molar refractivity (Wildman–Crippen MR) is 93.3 cm³/mol. The molecule has 1 saturated heterocycles. The zero-order chi connectivity index (χ0) is 17.6. The van der Waals surface area contributed by atoms with E-state index in [0.717, 1.165) is 30.7 Å². The maximum atomic E-state index is 12.6. The molecular formula is C20H20N2O3. The zero-order valence-electron chi connectivity index (χ0n) is 14.1. The van der Waals surface area contributed by atoms with Crippen molar-refractivity contribution in [3.63, 3.8) is 0 Å². The molecule has 0 aliphatic carbocycles. The molecule has 1 fully saturated rings. The van der Waals surface area contributed by atoms with E-state index < -0.39 is 0 Å². The van der Waals surface area contributed by atoms with Crippen LogP contribution in [0.2, 0.25) is 0 Å². The van der Waals surface area contributed by atoms with Gasteiger partial charge < -0.3 is 14.4 Å². The van der Waals surface area contributed by atoms with Crippen molar-refractivity contribution in [1.29, 1.82) is 5.26 Å². The number of hydrogen-bond donors (Lipinski definition) is 0.